The first-order chi connectivity index (χ1) is 7.22. The molecule has 0 bridgehead atoms. The molecule has 1 rings (SSSR count). The quantitative estimate of drug-likeness (QED) is 0.430. The molecule has 0 N–H and O–H groups in total. The van der Waals surface area contributed by atoms with Crippen molar-refractivity contribution in [3.05, 3.63) is 54.4 Å². The molecule has 0 spiro atoms. The van der Waals surface area contributed by atoms with E-state index in [0.29, 0.717) is 0 Å². The van der Waals surface area contributed by atoms with Crippen molar-refractivity contribution in [3.63, 3.8) is 0 Å². The number of ether oxygens (including phenoxy) is 1. The summed E-state index contributed by atoms with van der Waals surface area (Å²) < 4.78 is 17.2. The van der Waals surface area contributed by atoms with E-state index in [9.17, 15) is 9.18 Å². The average molecular weight is 206 g/mol. The van der Waals surface area contributed by atoms with Crippen molar-refractivity contribution in [1.29, 1.82) is 0 Å². The van der Waals surface area contributed by atoms with E-state index in [-0.39, 0.29) is 12.4 Å². The topological polar surface area (TPSA) is 26.3 Å². The molecule has 1 aromatic carbocycles. The Morgan fingerprint density at radius 2 is 2.07 bits per heavy atom. The monoisotopic (exact) mass is 206 g/mol. The number of carbonyl (C=O) groups excluding carboxylic acids is 1. The van der Waals surface area contributed by atoms with Crippen LogP contribution in [0.2, 0.25) is 0 Å². The summed E-state index contributed by atoms with van der Waals surface area (Å²) in [6.45, 7) is 3.60. The van der Waals surface area contributed by atoms with Crippen LogP contribution in [0.3, 0.4) is 0 Å². The molecular weight excluding hydrogens is 195 g/mol. The predicted octanol–water partition coefficient (Wildman–Crippen LogP) is 2.57. The van der Waals surface area contributed by atoms with Gasteiger partial charge in [-0.1, -0.05) is 24.8 Å². The van der Waals surface area contributed by atoms with Crippen LogP contribution in [0.5, 0.6) is 0 Å². The van der Waals surface area contributed by atoms with Crippen LogP contribution < -0.4 is 0 Å². The number of esters is 1. The van der Waals surface area contributed by atoms with Crippen LogP contribution in [0.25, 0.3) is 6.08 Å². The SMILES string of the molecule is C=CCOC(=O)/C=C/c1ccc(F)cc1. The second-order valence-electron chi connectivity index (χ2n) is 2.80. The maximum atomic E-state index is 12.5. The zero-order chi connectivity index (χ0) is 11.1. The number of hydrogen-bond donors (Lipinski definition) is 0. The Bertz CT molecular complexity index is 366. The molecule has 3 heteroatoms. The van der Waals surface area contributed by atoms with Gasteiger partial charge >= 0.3 is 5.97 Å². The lowest BCUT2D eigenvalue weighted by molar-refractivity contribution is -0.136. The Morgan fingerprint density at radius 3 is 2.67 bits per heavy atom. The summed E-state index contributed by atoms with van der Waals surface area (Å²) in [7, 11) is 0. The lowest BCUT2D eigenvalue weighted by atomic mass is 10.2. The first-order valence-corrected chi connectivity index (χ1v) is 4.43. The van der Waals surface area contributed by atoms with Gasteiger partial charge in [-0.05, 0) is 23.8 Å². The first kappa shape index (κ1) is 11.2. The van der Waals surface area contributed by atoms with Gasteiger partial charge in [-0.15, -0.1) is 0 Å². The number of benzene rings is 1. The van der Waals surface area contributed by atoms with Crippen LogP contribution >= 0.6 is 0 Å². The van der Waals surface area contributed by atoms with Crippen molar-refractivity contribution in [2.45, 2.75) is 0 Å². The van der Waals surface area contributed by atoms with Crippen molar-refractivity contribution in [1.82, 2.24) is 0 Å². The van der Waals surface area contributed by atoms with Crippen molar-refractivity contribution in [2.75, 3.05) is 6.61 Å². The Morgan fingerprint density at radius 1 is 1.40 bits per heavy atom. The van der Waals surface area contributed by atoms with Crippen LogP contribution in [-0.2, 0) is 9.53 Å². The summed E-state index contributed by atoms with van der Waals surface area (Å²) in [4.78, 5) is 11.0. The van der Waals surface area contributed by atoms with Crippen LogP contribution in [0, 0.1) is 5.82 Å². The predicted molar refractivity (Wildman–Crippen MR) is 56.6 cm³/mol. The van der Waals surface area contributed by atoms with Crippen molar-refractivity contribution < 1.29 is 13.9 Å². The largest absolute Gasteiger partial charge is 0.458 e. The molecule has 78 valence electrons. The Balaban J connectivity index is 2.53. The van der Waals surface area contributed by atoms with Gasteiger partial charge in [0.2, 0.25) is 0 Å². The highest BCUT2D eigenvalue weighted by molar-refractivity contribution is 5.87. The zero-order valence-corrected chi connectivity index (χ0v) is 8.15. The van der Waals surface area contributed by atoms with Gasteiger partial charge in [0, 0.05) is 6.08 Å². The van der Waals surface area contributed by atoms with Gasteiger partial charge in [0.15, 0.2) is 0 Å². The minimum absolute atomic E-state index is 0.187. The molecule has 0 saturated carbocycles. The summed E-state index contributed by atoms with van der Waals surface area (Å²) in [6, 6.07) is 5.81. The van der Waals surface area contributed by atoms with E-state index in [1.165, 1.54) is 24.3 Å². The van der Waals surface area contributed by atoms with E-state index < -0.39 is 5.97 Å². The standard InChI is InChI=1S/C12H11FO2/c1-2-9-15-12(14)8-5-10-3-6-11(13)7-4-10/h2-8H,1,9H2/b8-5+. The lowest BCUT2D eigenvalue weighted by Gasteiger charge is -1.95. The molecular formula is C12H11FO2. The summed E-state index contributed by atoms with van der Waals surface area (Å²) in [5, 5.41) is 0. The summed E-state index contributed by atoms with van der Waals surface area (Å²) in [5.74, 6) is -0.749. The lowest BCUT2D eigenvalue weighted by Crippen LogP contribution is -1.99. The van der Waals surface area contributed by atoms with E-state index in [0.717, 1.165) is 5.56 Å². The number of carbonyl (C=O) groups is 1. The Labute approximate surface area is 87.7 Å². The Kier molecular flexibility index (Phi) is 4.29. The number of halogens is 1. The summed E-state index contributed by atoms with van der Waals surface area (Å²) in [5.41, 5.74) is 0.743. The molecule has 0 aromatic heterocycles. The van der Waals surface area contributed by atoms with Gasteiger partial charge in [0.1, 0.15) is 12.4 Å². The third-order valence-electron chi connectivity index (χ3n) is 1.63. The van der Waals surface area contributed by atoms with Gasteiger partial charge in [0.05, 0.1) is 0 Å². The molecule has 0 aliphatic heterocycles. The smallest absolute Gasteiger partial charge is 0.331 e. The van der Waals surface area contributed by atoms with Gasteiger partial charge in [-0.25, -0.2) is 9.18 Å². The molecule has 15 heavy (non-hydrogen) atoms. The van der Waals surface area contributed by atoms with Crippen molar-refractivity contribution in [2.24, 2.45) is 0 Å². The van der Waals surface area contributed by atoms with E-state index in [1.54, 1.807) is 18.2 Å². The first-order valence-electron chi connectivity index (χ1n) is 4.43. The van der Waals surface area contributed by atoms with Gasteiger partial charge in [0.25, 0.3) is 0 Å². The molecule has 0 heterocycles. The van der Waals surface area contributed by atoms with E-state index >= 15 is 0 Å². The second-order valence-corrected chi connectivity index (χ2v) is 2.80. The Hall–Kier alpha value is -1.90. The maximum Gasteiger partial charge on any atom is 0.331 e. The summed E-state index contributed by atoms with van der Waals surface area (Å²) in [6.07, 6.45) is 4.34. The number of hydrogen-bond acceptors (Lipinski definition) is 2. The van der Waals surface area contributed by atoms with E-state index in [1.807, 2.05) is 0 Å². The third-order valence-corrected chi connectivity index (χ3v) is 1.63. The van der Waals surface area contributed by atoms with Crippen molar-refractivity contribution in [3.8, 4) is 0 Å². The highest BCUT2D eigenvalue weighted by atomic mass is 19.1. The molecule has 2 nitrogen and oxygen atoms in total. The average Bonchev–Trinajstić information content (AvgIpc) is 2.25. The number of rotatable bonds is 4. The highest BCUT2D eigenvalue weighted by Gasteiger charge is 1.94. The third kappa shape index (κ3) is 4.22. The minimum atomic E-state index is -0.445. The molecule has 0 unspecified atom stereocenters. The van der Waals surface area contributed by atoms with Crippen LogP contribution in [0.15, 0.2) is 43.0 Å². The van der Waals surface area contributed by atoms with Crippen molar-refractivity contribution >= 4 is 12.0 Å². The van der Waals surface area contributed by atoms with Gasteiger partial charge in [-0.2, -0.15) is 0 Å². The van der Waals surface area contributed by atoms with Gasteiger partial charge in [-0.3, -0.25) is 0 Å². The molecule has 1 aromatic rings. The van der Waals surface area contributed by atoms with E-state index in [2.05, 4.69) is 6.58 Å². The maximum absolute atomic E-state index is 12.5. The highest BCUT2D eigenvalue weighted by Crippen LogP contribution is 2.04. The minimum Gasteiger partial charge on any atom is -0.458 e. The fraction of sp³-hybridized carbons (Fsp3) is 0.0833. The fourth-order valence-electron chi connectivity index (χ4n) is 0.927. The fourth-order valence-corrected chi connectivity index (χ4v) is 0.927. The van der Waals surface area contributed by atoms with E-state index in [4.69, 9.17) is 4.74 Å². The second kappa shape index (κ2) is 5.75. The molecule has 0 aliphatic rings. The molecule has 0 atom stereocenters. The molecule has 0 saturated heterocycles. The molecule has 0 aliphatic carbocycles. The normalized spacial score (nSPS) is 10.2. The van der Waals surface area contributed by atoms with Crippen LogP contribution in [0.1, 0.15) is 5.56 Å². The zero-order valence-electron chi connectivity index (χ0n) is 8.15. The molecule has 0 amide bonds. The molecule has 0 fully saturated rings. The summed E-state index contributed by atoms with van der Waals surface area (Å²) >= 11 is 0. The van der Waals surface area contributed by atoms with Gasteiger partial charge < -0.3 is 4.74 Å². The molecule has 0 radical (unpaired) electrons. The van der Waals surface area contributed by atoms with Crippen LogP contribution in [-0.4, -0.2) is 12.6 Å². The van der Waals surface area contributed by atoms with Crippen LogP contribution in [0.4, 0.5) is 4.39 Å².